The average Bonchev–Trinajstić information content (AvgIpc) is 1.86. The summed E-state index contributed by atoms with van der Waals surface area (Å²) in [6.45, 7) is 0.859. The Kier molecular flexibility index (Phi) is 5.05. The number of esters is 1. The van der Waals surface area contributed by atoms with Gasteiger partial charge >= 0.3 is 12.1 Å². The van der Waals surface area contributed by atoms with E-state index in [-0.39, 0.29) is 6.54 Å². The molecule has 0 atom stereocenters. The van der Waals surface area contributed by atoms with Gasteiger partial charge in [-0.25, -0.2) is 4.79 Å². The fraction of sp³-hybridized carbons (Fsp3) is 0.600. The Labute approximate surface area is 63.9 Å². The van der Waals surface area contributed by atoms with E-state index in [0.717, 1.165) is 0 Å². The molecule has 0 unspecified atom stereocenters. The molecule has 0 radical (unpaired) electrons. The summed E-state index contributed by atoms with van der Waals surface area (Å²) in [6.07, 6.45) is -1.09. The van der Waals surface area contributed by atoms with E-state index >= 15 is 0 Å². The van der Waals surface area contributed by atoms with Gasteiger partial charge in [0.15, 0.2) is 0 Å². The summed E-state index contributed by atoms with van der Waals surface area (Å²) in [6, 6.07) is 0. The topological polar surface area (TPSA) is 107 Å². The zero-order valence-corrected chi connectivity index (χ0v) is 6.00. The maximum Gasteiger partial charge on any atom is 0.412 e. The highest BCUT2D eigenvalue weighted by molar-refractivity contribution is 5.84. The van der Waals surface area contributed by atoms with Gasteiger partial charge in [0.2, 0.25) is 0 Å². The molecule has 64 valence electrons. The molecule has 0 aromatic rings. The van der Waals surface area contributed by atoms with Crippen LogP contribution in [0.3, 0.4) is 0 Å². The summed E-state index contributed by atoms with van der Waals surface area (Å²) >= 11 is 0. The van der Waals surface area contributed by atoms with Crippen LogP contribution in [-0.4, -0.2) is 31.7 Å². The molecule has 0 bridgehead atoms. The highest BCUT2D eigenvalue weighted by Crippen LogP contribution is 1.74. The Morgan fingerprint density at radius 2 is 2.09 bits per heavy atom. The molecule has 0 saturated heterocycles. The number of amides is 1. The lowest BCUT2D eigenvalue weighted by molar-refractivity contribution is -0.135. The standard InChI is InChI=1S/C5H11N3O3/c6-1-2-8-3-4(9)11-5(7)10/h8H,1-3,6H2,(H2,7,10). The van der Waals surface area contributed by atoms with Gasteiger partial charge in [-0.1, -0.05) is 0 Å². The van der Waals surface area contributed by atoms with E-state index in [1.807, 2.05) is 0 Å². The SMILES string of the molecule is NCCNCC(=O)OC(N)=O. The monoisotopic (exact) mass is 161 g/mol. The Bertz CT molecular complexity index is 148. The molecule has 0 fully saturated rings. The summed E-state index contributed by atoms with van der Waals surface area (Å²) < 4.78 is 3.99. The number of hydrogen-bond acceptors (Lipinski definition) is 5. The third kappa shape index (κ3) is 6.75. The van der Waals surface area contributed by atoms with Crippen molar-refractivity contribution in [1.82, 2.24) is 5.32 Å². The third-order valence-corrected chi connectivity index (χ3v) is 0.805. The van der Waals surface area contributed by atoms with Crippen molar-refractivity contribution in [3.05, 3.63) is 0 Å². The van der Waals surface area contributed by atoms with Crippen molar-refractivity contribution in [1.29, 1.82) is 0 Å². The Hall–Kier alpha value is -1.14. The van der Waals surface area contributed by atoms with Crippen LogP contribution in [0.1, 0.15) is 0 Å². The Balaban J connectivity index is 3.30. The van der Waals surface area contributed by atoms with E-state index in [1.165, 1.54) is 0 Å². The number of carbonyl (C=O) groups is 2. The van der Waals surface area contributed by atoms with Crippen molar-refractivity contribution in [2.75, 3.05) is 19.6 Å². The number of ether oxygens (including phenoxy) is 1. The molecule has 5 N–H and O–H groups in total. The van der Waals surface area contributed by atoms with Crippen LogP contribution in [0, 0.1) is 0 Å². The van der Waals surface area contributed by atoms with Crippen molar-refractivity contribution in [2.24, 2.45) is 11.5 Å². The van der Waals surface area contributed by atoms with E-state index < -0.39 is 12.1 Å². The number of nitrogens with two attached hydrogens (primary N) is 2. The van der Waals surface area contributed by atoms with Crippen molar-refractivity contribution >= 4 is 12.1 Å². The molecule has 0 heterocycles. The summed E-state index contributed by atoms with van der Waals surface area (Å²) in [5, 5.41) is 2.63. The molecular formula is C5H11N3O3. The molecule has 0 aliphatic heterocycles. The average molecular weight is 161 g/mol. The van der Waals surface area contributed by atoms with Crippen LogP contribution in [0.4, 0.5) is 4.79 Å². The smallest absolute Gasteiger partial charge is 0.375 e. The molecule has 6 heteroatoms. The second kappa shape index (κ2) is 5.63. The van der Waals surface area contributed by atoms with E-state index in [1.54, 1.807) is 0 Å². The summed E-state index contributed by atoms with van der Waals surface area (Å²) in [5.74, 6) is -0.703. The highest BCUT2D eigenvalue weighted by Gasteiger charge is 2.04. The normalized spacial score (nSPS) is 9.18. The fourth-order valence-electron chi connectivity index (χ4n) is 0.441. The first-order chi connectivity index (χ1) is 5.16. The zero-order valence-electron chi connectivity index (χ0n) is 6.00. The molecule has 0 saturated carbocycles. The van der Waals surface area contributed by atoms with Crippen LogP contribution in [-0.2, 0) is 9.53 Å². The first kappa shape index (κ1) is 9.86. The Morgan fingerprint density at radius 1 is 1.45 bits per heavy atom. The third-order valence-electron chi connectivity index (χ3n) is 0.805. The second-order valence-electron chi connectivity index (χ2n) is 1.76. The summed E-state index contributed by atoms with van der Waals surface area (Å²) in [5.41, 5.74) is 9.67. The number of nitrogens with one attached hydrogen (secondary N) is 1. The summed E-state index contributed by atoms with van der Waals surface area (Å²) in [4.78, 5) is 20.5. The fourth-order valence-corrected chi connectivity index (χ4v) is 0.441. The molecule has 0 aliphatic rings. The molecule has 0 rings (SSSR count). The molecule has 0 aromatic carbocycles. The summed E-state index contributed by atoms with van der Waals surface area (Å²) in [7, 11) is 0. The predicted octanol–water partition coefficient (Wildman–Crippen LogP) is -1.84. The maximum atomic E-state index is 10.5. The van der Waals surface area contributed by atoms with Gasteiger partial charge in [0.1, 0.15) is 0 Å². The number of rotatable bonds is 4. The number of hydrogen-bond donors (Lipinski definition) is 3. The van der Waals surface area contributed by atoms with Crippen molar-refractivity contribution in [3.63, 3.8) is 0 Å². The van der Waals surface area contributed by atoms with Gasteiger partial charge in [-0.3, -0.25) is 4.79 Å². The lowest BCUT2D eigenvalue weighted by atomic mass is 10.6. The molecule has 6 nitrogen and oxygen atoms in total. The van der Waals surface area contributed by atoms with Crippen molar-refractivity contribution in [3.8, 4) is 0 Å². The molecule has 1 amide bonds. The van der Waals surface area contributed by atoms with E-state index in [4.69, 9.17) is 5.73 Å². The van der Waals surface area contributed by atoms with Gasteiger partial charge in [0.05, 0.1) is 6.54 Å². The van der Waals surface area contributed by atoms with Gasteiger partial charge in [0, 0.05) is 13.1 Å². The van der Waals surface area contributed by atoms with Crippen molar-refractivity contribution in [2.45, 2.75) is 0 Å². The minimum atomic E-state index is -1.09. The maximum absolute atomic E-state index is 10.5. The van der Waals surface area contributed by atoms with Crippen LogP contribution >= 0.6 is 0 Å². The molecule has 0 spiro atoms. The van der Waals surface area contributed by atoms with Crippen LogP contribution in [0.2, 0.25) is 0 Å². The zero-order chi connectivity index (χ0) is 8.69. The first-order valence-electron chi connectivity index (χ1n) is 3.07. The number of primary amides is 1. The number of carbonyl (C=O) groups excluding carboxylic acids is 2. The van der Waals surface area contributed by atoms with Gasteiger partial charge < -0.3 is 21.5 Å². The minimum absolute atomic E-state index is 0.0554. The van der Waals surface area contributed by atoms with Gasteiger partial charge in [-0.15, -0.1) is 0 Å². The van der Waals surface area contributed by atoms with Crippen LogP contribution in [0.25, 0.3) is 0 Å². The second-order valence-corrected chi connectivity index (χ2v) is 1.76. The van der Waals surface area contributed by atoms with Gasteiger partial charge in [-0.05, 0) is 0 Å². The van der Waals surface area contributed by atoms with Gasteiger partial charge in [0.25, 0.3) is 0 Å². The quantitative estimate of drug-likeness (QED) is 0.255. The molecule has 0 aromatic heterocycles. The minimum Gasteiger partial charge on any atom is -0.375 e. The first-order valence-corrected chi connectivity index (χ1v) is 3.07. The molecule has 0 aliphatic carbocycles. The molecule has 11 heavy (non-hydrogen) atoms. The van der Waals surface area contributed by atoms with Crippen LogP contribution < -0.4 is 16.8 Å². The molecular weight excluding hydrogens is 150 g/mol. The van der Waals surface area contributed by atoms with E-state index in [0.29, 0.717) is 13.1 Å². The lowest BCUT2D eigenvalue weighted by Gasteiger charge is -1.99. The highest BCUT2D eigenvalue weighted by atomic mass is 16.6. The predicted molar refractivity (Wildman–Crippen MR) is 37.6 cm³/mol. The Morgan fingerprint density at radius 3 is 2.55 bits per heavy atom. The van der Waals surface area contributed by atoms with E-state index in [9.17, 15) is 9.59 Å². The van der Waals surface area contributed by atoms with E-state index in [2.05, 4.69) is 15.8 Å². The van der Waals surface area contributed by atoms with Gasteiger partial charge in [-0.2, -0.15) is 0 Å². The van der Waals surface area contributed by atoms with Crippen LogP contribution in [0.15, 0.2) is 0 Å². The van der Waals surface area contributed by atoms with Crippen LogP contribution in [0.5, 0.6) is 0 Å². The van der Waals surface area contributed by atoms with Crippen molar-refractivity contribution < 1.29 is 14.3 Å². The largest absolute Gasteiger partial charge is 0.412 e. The lowest BCUT2D eigenvalue weighted by Crippen LogP contribution is -2.31.